The van der Waals surface area contributed by atoms with E-state index < -0.39 is 40.5 Å². The predicted molar refractivity (Wildman–Crippen MR) is 39.5 cm³/mol. The Kier molecular flexibility index (Phi) is 2.33. The summed E-state index contributed by atoms with van der Waals surface area (Å²) in [5.74, 6) is -11.2. The second-order valence-corrected chi connectivity index (χ2v) is 2.69. The molecule has 0 saturated carbocycles. The molecular formula is C8HF5N2O. The molecule has 0 atom stereocenters. The van der Waals surface area contributed by atoms with E-state index in [1.165, 1.54) is 0 Å². The van der Waals surface area contributed by atoms with Crippen molar-refractivity contribution in [3.05, 3.63) is 35.5 Å². The van der Waals surface area contributed by atoms with E-state index in [-0.39, 0.29) is 0 Å². The zero-order valence-electron chi connectivity index (χ0n) is 7.27. The maximum atomic E-state index is 13.1. The molecule has 3 nitrogen and oxygen atoms in total. The van der Waals surface area contributed by atoms with E-state index in [1.54, 1.807) is 0 Å². The van der Waals surface area contributed by atoms with E-state index in [0.717, 1.165) is 0 Å². The van der Waals surface area contributed by atoms with Crippen LogP contribution in [0.2, 0.25) is 0 Å². The zero-order valence-corrected chi connectivity index (χ0v) is 7.27. The van der Waals surface area contributed by atoms with Crippen LogP contribution < -0.4 is 0 Å². The number of benzene rings is 1. The molecule has 0 aliphatic heterocycles. The fourth-order valence-electron chi connectivity index (χ4n) is 1.07. The molecular weight excluding hydrogens is 235 g/mol. The Bertz CT molecular complexity index is 511. The normalized spacial score (nSPS) is 10.8. The summed E-state index contributed by atoms with van der Waals surface area (Å²) in [4.78, 5) is 0. The number of halogens is 5. The third-order valence-corrected chi connectivity index (χ3v) is 1.78. The molecule has 2 rings (SSSR count). The van der Waals surface area contributed by atoms with Crippen LogP contribution in [0.4, 0.5) is 22.0 Å². The number of hydrogen-bond acceptors (Lipinski definition) is 3. The van der Waals surface area contributed by atoms with Gasteiger partial charge in [0.15, 0.2) is 23.3 Å². The van der Waals surface area contributed by atoms with Crippen molar-refractivity contribution in [3.8, 4) is 11.5 Å². The summed E-state index contributed by atoms with van der Waals surface area (Å²) in [6, 6.07) is 0. The van der Waals surface area contributed by atoms with Gasteiger partial charge in [-0.05, 0) is 0 Å². The summed E-state index contributed by atoms with van der Waals surface area (Å²) in [7, 11) is 0. The summed E-state index contributed by atoms with van der Waals surface area (Å²) >= 11 is 0. The molecule has 0 aliphatic carbocycles. The van der Waals surface area contributed by atoms with Crippen molar-refractivity contribution in [2.24, 2.45) is 0 Å². The molecule has 16 heavy (non-hydrogen) atoms. The Morgan fingerprint density at radius 1 is 0.812 bits per heavy atom. The minimum atomic E-state index is -2.24. The average molecular weight is 236 g/mol. The van der Waals surface area contributed by atoms with Crippen molar-refractivity contribution in [2.45, 2.75) is 0 Å². The number of hydrogen-bond donors (Lipinski definition) is 0. The van der Waals surface area contributed by atoms with Gasteiger partial charge in [-0.3, -0.25) is 0 Å². The van der Waals surface area contributed by atoms with Gasteiger partial charge < -0.3 is 4.42 Å². The molecule has 0 spiro atoms. The van der Waals surface area contributed by atoms with Crippen molar-refractivity contribution in [2.75, 3.05) is 0 Å². The highest BCUT2D eigenvalue weighted by molar-refractivity contribution is 5.55. The first-order valence-electron chi connectivity index (χ1n) is 3.82. The molecule has 0 amide bonds. The average Bonchev–Trinajstić information content (AvgIpc) is 2.77. The van der Waals surface area contributed by atoms with Gasteiger partial charge in [0.05, 0.1) is 0 Å². The molecule has 0 radical (unpaired) electrons. The third-order valence-electron chi connectivity index (χ3n) is 1.78. The van der Waals surface area contributed by atoms with Crippen LogP contribution in [0.5, 0.6) is 0 Å². The van der Waals surface area contributed by atoms with Gasteiger partial charge in [0, 0.05) is 0 Å². The highest BCUT2D eigenvalue weighted by Gasteiger charge is 2.28. The Labute approximate surface area is 84.5 Å². The van der Waals surface area contributed by atoms with Crippen LogP contribution in [0.25, 0.3) is 11.5 Å². The first-order valence-corrected chi connectivity index (χ1v) is 3.82. The van der Waals surface area contributed by atoms with Crippen molar-refractivity contribution in [1.29, 1.82) is 0 Å². The monoisotopic (exact) mass is 236 g/mol. The Morgan fingerprint density at radius 2 is 1.31 bits per heavy atom. The van der Waals surface area contributed by atoms with Crippen LogP contribution in [0.1, 0.15) is 0 Å². The molecule has 1 aromatic heterocycles. The van der Waals surface area contributed by atoms with E-state index in [9.17, 15) is 22.0 Å². The van der Waals surface area contributed by atoms with E-state index in [1.807, 2.05) is 0 Å². The molecule has 8 heteroatoms. The second-order valence-electron chi connectivity index (χ2n) is 2.69. The number of aromatic nitrogens is 2. The summed E-state index contributed by atoms with van der Waals surface area (Å²) in [6.07, 6.45) is 0.702. The molecule has 0 fully saturated rings. The lowest BCUT2D eigenvalue weighted by Crippen LogP contribution is -2.04. The second kappa shape index (κ2) is 3.54. The standard InChI is InChI=1S/C8HF5N2O/c9-3-2(8-15-14-1-16-8)4(10)6(12)7(13)5(3)11/h1H. The van der Waals surface area contributed by atoms with Crippen LogP contribution in [-0.4, -0.2) is 10.2 Å². The molecule has 1 heterocycles. The summed E-state index contributed by atoms with van der Waals surface area (Å²) in [5, 5.41) is 6.14. The van der Waals surface area contributed by atoms with Crippen molar-refractivity contribution >= 4 is 0 Å². The molecule has 0 unspecified atom stereocenters. The highest BCUT2D eigenvalue weighted by atomic mass is 19.2. The van der Waals surface area contributed by atoms with Crippen molar-refractivity contribution in [3.63, 3.8) is 0 Å². The Morgan fingerprint density at radius 3 is 1.75 bits per heavy atom. The minimum absolute atomic E-state index is 0.702. The van der Waals surface area contributed by atoms with Crippen LogP contribution >= 0.6 is 0 Å². The Balaban J connectivity index is 2.81. The lowest BCUT2D eigenvalue weighted by Gasteiger charge is -2.03. The van der Waals surface area contributed by atoms with Crippen LogP contribution in [-0.2, 0) is 0 Å². The minimum Gasteiger partial charge on any atom is -0.423 e. The van der Waals surface area contributed by atoms with Gasteiger partial charge in [0.1, 0.15) is 5.56 Å². The molecule has 0 bridgehead atoms. The van der Waals surface area contributed by atoms with E-state index in [0.29, 0.717) is 6.39 Å². The van der Waals surface area contributed by atoms with Gasteiger partial charge in [-0.15, -0.1) is 10.2 Å². The summed E-state index contributed by atoms with van der Waals surface area (Å²) < 4.78 is 68.7. The van der Waals surface area contributed by atoms with E-state index in [4.69, 9.17) is 0 Å². The lowest BCUT2D eigenvalue weighted by molar-refractivity contribution is 0.378. The molecule has 1 aromatic carbocycles. The molecule has 0 N–H and O–H groups in total. The molecule has 84 valence electrons. The van der Waals surface area contributed by atoms with Crippen LogP contribution in [0.3, 0.4) is 0 Å². The van der Waals surface area contributed by atoms with Gasteiger partial charge in [0.25, 0.3) is 5.89 Å². The smallest absolute Gasteiger partial charge is 0.253 e. The Hall–Kier alpha value is -1.99. The van der Waals surface area contributed by atoms with E-state index in [2.05, 4.69) is 14.6 Å². The fourth-order valence-corrected chi connectivity index (χ4v) is 1.07. The SMILES string of the molecule is Fc1c(F)c(F)c(-c2nnco2)c(F)c1F. The van der Waals surface area contributed by atoms with Crippen LogP contribution in [0.15, 0.2) is 10.8 Å². The first kappa shape index (κ1) is 10.5. The zero-order chi connectivity index (χ0) is 11.9. The highest BCUT2D eigenvalue weighted by Crippen LogP contribution is 2.29. The lowest BCUT2D eigenvalue weighted by atomic mass is 10.1. The van der Waals surface area contributed by atoms with Gasteiger partial charge >= 0.3 is 0 Å². The van der Waals surface area contributed by atoms with E-state index >= 15 is 0 Å². The predicted octanol–water partition coefficient (Wildman–Crippen LogP) is 2.43. The molecule has 0 aliphatic rings. The van der Waals surface area contributed by atoms with Crippen molar-refractivity contribution in [1.82, 2.24) is 10.2 Å². The molecule has 0 saturated heterocycles. The maximum Gasteiger partial charge on any atom is 0.253 e. The van der Waals surface area contributed by atoms with Gasteiger partial charge in [-0.25, -0.2) is 22.0 Å². The van der Waals surface area contributed by atoms with Gasteiger partial charge in [-0.2, -0.15) is 0 Å². The summed E-state index contributed by atoms with van der Waals surface area (Å²) in [5.41, 5.74) is -1.24. The first-order chi connectivity index (χ1) is 7.54. The largest absolute Gasteiger partial charge is 0.423 e. The van der Waals surface area contributed by atoms with Crippen molar-refractivity contribution < 1.29 is 26.4 Å². The topological polar surface area (TPSA) is 38.9 Å². The molecule has 2 aromatic rings. The maximum absolute atomic E-state index is 13.1. The third kappa shape index (κ3) is 1.34. The quantitative estimate of drug-likeness (QED) is 0.433. The number of nitrogens with zero attached hydrogens (tertiary/aromatic N) is 2. The van der Waals surface area contributed by atoms with Gasteiger partial charge in [-0.1, -0.05) is 0 Å². The number of rotatable bonds is 1. The fraction of sp³-hybridized carbons (Fsp3) is 0. The van der Waals surface area contributed by atoms with Crippen LogP contribution in [0, 0.1) is 29.1 Å². The summed E-state index contributed by atoms with van der Waals surface area (Å²) in [6.45, 7) is 0. The van der Waals surface area contributed by atoms with Gasteiger partial charge in [0.2, 0.25) is 12.2 Å².